The summed E-state index contributed by atoms with van der Waals surface area (Å²) in [5.74, 6) is -5.04. The largest absolute Gasteiger partial charge is 0.433 e. The Hall–Kier alpha value is -3.31. The van der Waals surface area contributed by atoms with E-state index >= 15 is 0 Å². The van der Waals surface area contributed by atoms with Crippen LogP contribution in [-0.2, 0) is 26.7 Å². The molecule has 1 saturated heterocycles. The first-order valence-corrected chi connectivity index (χ1v) is 10.6. The second-order valence-corrected chi connectivity index (χ2v) is 8.64. The highest BCUT2D eigenvalue weighted by Crippen LogP contribution is 2.46. The zero-order chi connectivity index (χ0) is 24.5. The normalized spacial score (nSPS) is 19.9. The highest BCUT2D eigenvalue weighted by Gasteiger charge is 2.47. The minimum Gasteiger partial charge on any atom is -0.327 e. The second-order valence-electron chi connectivity index (χ2n) is 8.64. The fraction of sp³-hybridized carbons (Fsp3) is 0.409. The maximum Gasteiger partial charge on any atom is 0.433 e. The quantitative estimate of drug-likeness (QED) is 0.397. The van der Waals surface area contributed by atoms with Crippen LogP contribution in [0.4, 0.5) is 26.3 Å². The van der Waals surface area contributed by atoms with Gasteiger partial charge < -0.3 is 4.90 Å². The molecular formula is C22H19F6N5O. The Morgan fingerprint density at radius 2 is 1.74 bits per heavy atom. The Morgan fingerprint density at radius 3 is 2.38 bits per heavy atom. The minimum atomic E-state index is -4.76. The third kappa shape index (κ3) is 3.30. The summed E-state index contributed by atoms with van der Waals surface area (Å²) < 4.78 is 84.2. The van der Waals surface area contributed by atoms with Gasteiger partial charge in [-0.05, 0) is 37.8 Å². The highest BCUT2D eigenvalue weighted by molar-refractivity contribution is 5.96. The van der Waals surface area contributed by atoms with Crippen LogP contribution in [0.2, 0.25) is 0 Å². The molecule has 0 radical (unpaired) electrons. The van der Waals surface area contributed by atoms with Crippen molar-refractivity contribution in [3.63, 3.8) is 0 Å². The second kappa shape index (κ2) is 7.60. The topological polar surface area (TPSA) is 56.0 Å². The van der Waals surface area contributed by atoms with E-state index in [9.17, 15) is 31.1 Å². The van der Waals surface area contributed by atoms with E-state index < -0.39 is 52.9 Å². The van der Waals surface area contributed by atoms with E-state index in [1.807, 2.05) is 0 Å². The first kappa shape index (κ1) is 22.5. The van der Waals surface area contributed by atoms with Crippen LogP contribution in [0.1, 0.15) is 52.6 Å². The highest BCUT2D eigenvalue weighted by atomic mass is 19.4. The van der Waals surface area contributed by atoms with E-state index in [0.717, 1.165) is 31.8 Å². The van der Waals surface area contributed by atoms with Gasteiger partial charge in [0.15, 0.2) is 23.1 Å². The number of rotatable bonds is 2. The number of amides is 1. The molecule has 5 rings (SSSR count). The molecule has 1 fully saturated rings. The molecule has 34 heavy (non-hydrogen) atoms. The molecule has 4 heterocycles. The summed E-state index contributed by atoms with van der Waals surface area (Å²) in [6.07, 6.45) is -1.85. The van der Waals surface area contributed by atoms with Gasteiger partial charge in [-0.15, -0.1) is 0 Å². The minimum absolute atomic E-state index is 0.0946. The maximum absolute atomic E-state index is 13.9. The molecule has 0 saturated carbocycles. The average molecular weight is 483 g/mol. The van der Waals surface area contributed by atoms with Crippen molar-refractivity contribution in [3.8, 4) is 11.3 Å². The molecular weight excluding hydrogens is 464 g/mol. The van der Waals surface area contributed by atoms with E-state index in [4.69, 9.17) is 0 Å². The number of fused-ring (bicyclic) bond motifs is 4. The number of halogens is 6. The number of nitrogens with zero attached hydrogens (tertiary/aromatic N) is 5. The van der Waals surface area contributed by atoms with Crippen molar-refractivity contribution in [2.45, 2.75) is 43.9 Å². The molecule has 1 aromatic carbocycles. The summed E-state index contributed by atoms with van der Waals surface area (Å²) in [7, 11) is 2.69. The Morgan fingerprint density at radius 1 is 1.06 bits per heavy atom. The summed E-state index contributed by atoms with van der Waals surface area (Å²) in [6, 6.07) is 0.729. The number of hydrogen-bond acceptors (Lipinski definition) is 3. The number of piperidine rings is 1. The van der Waals surface area contributed by atoms with Gasteiger partial charge in [-0.3, -0.25) is 14.2 Å². The van der Waals surface area contributed by atoms with Crippen molar-refractivity contribution in [3.05, 3.63) is 58.3 Å². The van der Waals surface area contributed by atoms with Gasteiger partial charge in [-0.25, -0.2) is 13.2 Å². The first-order chi connectivity index (χ1) is 16.0. The maximum atomic E-state index is 13.9. The zero-order valence-electron chi connectivity index (χ0n) is 18.1. The van der Waals surface area contributed by atoms with E-state index in [1.165, 1.54) is 9.58 Å². The number of benzene rings is 1. The van der Waals surface area contributed by atoms with E-state index in [2.05, 4.69) is 10.2 Å². The van der Waals surface area contributed by atoms with Gasteiger partial charge in [0.25, 0.3) is 5.91 Å². The molecule has 0 aliphatic carbocycles. The lowest BCUT2D eigenvalue weighted by Gasteiger charge is -2.45. The van der Waals surface area contributed by atoms with Gasteiger partial charge in [0, 0.05) is 31.3 Å². The van der Waals surface area contributed by atoms with Crippen molar-refractivity contribution in [2.24, 2.45) is 14.1 Å². The number of alkyl halides is 3. The molecule has 2 aromatic heterocycles. The summed E-state index contributed by atoms with van der Waals surface area (Å²) in [5.41, 5.74) is -0.0703. The molecule has 180 valence electrons. The fourth-order valence-electron chi connectivity index (χ4n) is 5.27. The van der Waals surface area contributed by atoms with Gasteiger partial charge in [0.2, 0.25) is 0 Å². The van der Waals surface area contributed by atoms with Gasteiger partial charge in [0.1, 0.15) is 0 Å². The molecule has 2 atom stereocenters. The third-order valence-electron chi connectivity index (χ3n) is 6.61. The van der Waals surface area contributed by atoms with Crippen molar-refractivity contribution in [2.75, 3.05) is 0 Å². The SMILES string of the molecule is Cn1nc2c(c1-c1cc(F)c(F)c(F)c1)C[C@H]1CCC[C@H]2N1C(=O)c1cnn(C)c1C(F)(F)F. The fourth-order valence-corrected chi connectivity index (χ4v) is 5.27. The zero-order valence-corrected chi connectivity index (χ0v) is 18.1. The van der Waals surface area contributed by atoms with E-state index in [-0.39, 0.29) is 12.0 Å². The Labute approximate surface area is 189 Å². The van der Waals surface area contributed by atoms with Crippen molar-refractivity contribution >= 4 is 5.91 Å². The summed E-state index contributed by atoms with van der Waals surface area (Å²) in [5, 5.41) is 8.12. The van der Waals surface area contributed by atoms with Crippen molar-refractivity contribution in [1.29, 1.82) is 0 Å². The van der Waals surface area contributed by atoms with Crippen LogP contribution in [0.15, 0.2) is 18.3 Å². The van der Waals surface area contributed by atoms with Crippen molar-refractivity contribution < 1.29 is 31.1 Å². The lowest BCUT2D eigenvalue weighted by atomic mass is 9.81. The van der Waals surface area contributed by atoms with Gasteiger partial charge >= 0.3 is 6.18 Å². The number of hydrogen-bond donors (Lipinski definition) is 0. The molecule has 0 N–H and O–H groups in total. The molecule has 2 bridgehead atoms. The summed E-state index contributed by atoms with van der Waals surface area (Å²) >= 11 is 0. The van der Waals surface area contributed by atoms with Crippen LogP contribution >= 0.6 is 0 Å². The lowest BCUT2D eigenvalue weighted by molar-refractivity contribution is -0.144. The Kier molecular flexibility index (Phi) is 5.03. The number of aryl methyl sites for hydroxylation is 2. The predicted molar refractivity (Wildman–Crippen MR) is 107 cm³/mol. The summed E-state index contributed by atoms with van der Waals surface area (Å²) in [6.45, 7) is 0. The molecule has 2 aliphatic heterocycles. The van der Waals surface area contributed by atoms with E-state index in [1.54, 1.807) is 7.05 Å². The van der Waals surface area contributed by atoms with Crippen LogP contribution in [0.3, 0.4) is 0 Å². The monoisotopic (exact) mass is 483 g/mol. The summed E-state index contributed by atoms with van der Waals surface area (Å²) in [4.78, 5) is 14.8. The average Bonchev–Trinajstić information content (AvgIpc) is 3.30. The van der Waals surface area contributed by atoms with Crippen LogP contribution < -0.4 is 0 Å². The number of carbonyl (C=O) groups is 1. The molecule has 6 nitrogen and oxygen atoms in total. The van der Waals surface area contributed by atoms with Gasteiger partial charge in [-0.1, -0.05) is 0 Å². The molecule has 12 heteroatoms. The smallest absolute Gasteiger partial charge is 0.327 e. The van der Waals surface area contributed by atoms with Crippen molar-refractivity contribution in [1.82, 2.24) is 24.5 Å². The van der Waals surface area contributed by atoms with Crippen LogP contribution in [0.25, 0.3) is 11.3 Å². The Balaban J connectivity index is 1.60. The van der Waals surface area contributed by atoms with Gasteiger partial charge in [0.05, 0.1) is 29.2 Å². The van der Waals surface area contributed by atoms with E-state index in [0.29, 0.717) is 34.5 Å². The first-order valence-electron chi connectivity index (χ1n) is 10.6. The molecule has 2 aliphatic rings. The third-order valence-corrected chi connectivity index (χ3v) is 6.61. The molecule has 0 spiro atoms. The lowest BCUT2D eigenvalue weighted by Crippen LogP contribution is -2.50. The standard InChI is InChI=1S/C22H19F6N5O/c1-31-19(10-6-14(23)17(25)15(24)7-10)12-8-11-4-3-5-16(18(12)30-31)33(11)21(34)13-9-29-32(2)20(13)22(26,27)28/h6-7,9,11,16H,3-5,8H2,1-2H3/t11-,16-/m1/s1. The van der Waals surface area contributed by atoms with Gasteiger partial charge in [-0.2, -0.15) is 23.4 Å². The number of carbonyl (C=O) groups excluding carboxylic acids is 1. The molecule has 1 amide bonds. The van der Waals surface area contributed by atoms with Crippen LogP contribution in [0, 0.1) is 17.5 Å². The predicted octanol–water partition coefficient (Wildman–Crippen LogP) is 4.55. The number of aromatic nitrogens is 4. The molecule has 0 unspecified atom stereocenters. The van der Waals surface area contributed by atoms with Crippen LogP contribution in [-0.4, -0.2) is 36.4 Å². The molecule has 3 aromatic rings. The Bertz CT molecular complexity index is 1290. The van der Waals surface area contributed by atoms with Crippen LogP contribution in [0.5, 0.6) is 0 Å².